The normalized spacial score (nSPS) is 18.8. The number of carbonyl (C=O) groups is 1. The molecule has 5 heteroatoms. The number of hydrogen-bond acceptors (Lipinski definition) is 4. The maximum atomic E-state index is 12.2. The zero-order chi connectivity index (χ0) is 15.4. The van der Waals surface area contributed by atoms with Gasteiger partial charge in [-0.2, -0.15) is 0 Å². The number of likely N-dealkylation sites (tertiary alicyclic amines) is 1. The first-order chi connectivity index (χ1) is 10.1. The second-order valence-electron chi connectivity index (χ2n) is 5.71. The van der Waals surface area contributed by atoms with Crippen molar-refractivity contribution >= 4 is 5.91 Å². The van der Waals surface area contributed by atoms with Crippen molar-refractivity contribution < 1.29 is 9.53 Å². The van der Waals surface area contributed by atoms with Gasteiger partial charge < -0.3 is 15.4 Å². The van der Waals surface area contributed by atoms with Crippen LogP contribution >= 0.6 is 0 Å². The van der Waals surface area contributed by atoms with Gasteiger partial charge in [0, 0.05) is 32.7 Å². The second-order valence-corrected chi connectivity index (χ2v) is 5.71. The highest BCUT2D eigenvalue weighted by atomic mass is 16.5. The molecule has 2 rings (SSSR count). The summed E-state index contributed by atoms with van der Waals surface area (Å²) < 4.78 is 5.30. The fourth-order valence-corrected chi connectivity index (χ4v) is 2.92. The quantitative estimate of drug-likeness (QED) is 0.886. The molecule has 1 aliphatic rings. The standard InChI is InChI=1S/C16H25N3O2/c1-18(2)16(20)14-5-4-8-19(14)11-12-6-7-15(21-3)13(9-12)10-17/h6-7,9,14H,4-5,8,10-11,17H2,1-3H3. The maximum Gasteiger partial charge on any atom is 0.239 e. The van der Waals surface area contributed by atoms with Crippen molar-refractivity contribution in [3.8, 4) is 5.75 Å². The lowest BCUT2D eigenvalue weighted by Gasteiger charge is -2.26. The number of methoxy groups -OCH3 is 1. The van der Waals surface area contributed by atoms with Crippen molar-refractivity contribution in [3.63, 3.8) is 0 Å². The fraction of sp³-hybridized carbons (Fsp3) is 0.562. The lowest BCUT2D eigenvalue weighted by atomic mass is 10.1. The highest BCUT2D eigenvalue weighted by Gasteiger charge is 2.31. The van der Waals surface area contributed by atoms with Gasteiger partial charge in [0.15, 0.2) is 0 Å². The Morgan fingerprint density at radius 2 is 2.24 bits per heavy atom. The van der Waals surface area contributed by atoms with Crippen LogP contribution in [0.15, 0.2) is 18.2 Å². The first kappa shape index (κ1) is 15.8. The predicted molar refractivity (Wildman–Crippen MR) is 83.0 cm³/mol. The molecule has 1 fully saturated rings. The molecule has 1 saturated heterocycles. The zero-order valence-corrected chi connectivity index (χ0v) is 13.1. The number of amides is 1. The Morgan fingerprint density at radius 3 is 2.86 bits per heavy atom. The van der Waals surface area contributed by atoms with E-state index in [0.717, 1.165) is 37.2 Å². The summed E-state index contributed by atoms with van der Waals surface area (Å²) in [6.45, 7) is 2.20. The minimum Gasteiger partial charge on any atom is -0.496 e. The second kappa shape index (κ2) is 6.91. The summed E-state index contributed by atoms with van der Waals surface area (Å²) in [5, 5.41) is 0. The van der Waals surface area contributed by atoms with Crippen molar-refractivity contribution in [3.05, 3.63) is 29.3 Å². The summed E-state index contributed by atoms with van der Waals surface area (Å²) in [6, 6.07) is 6.08. The first-order valence-corrected chi connectivity index (χ1v) is 7.38. The molecule has 2 N–H and O–H groups in total. The van der Waals surface area contributed by atoms with Gasteiger partial charge in [-0.25, -0.2) is 0 Å². The topological polar surface area (TPSA) is 58.8 Å². The predicted octanol–water partition coefficient (Wildman–Crippen LogP) is 1.21. The van der Waals surface area contributed by atoms with E-state index in [0.29, 0.717) is 6.54 Å². The molecule has 5 nitrogen and oxygen atoms in total. The molecule has 1 amide bonds. The average molecular weight is 291 g/mol. The Hall–Kier alpha value is -1.59. The molecule has 1 unspecified atom stereocenters. The Kier molecular flexibility index (Phi) is 5.20. The first-order valence-electron chi connectivity index (χ1n) is 7.38. The number of hydrogen-bond donors (Lipinski definition) is 1. The van der Waals surface area contributed by atoms with Crippen molar-refractivity contribution in [2.75, 3.05) is 27.7 Å². The molecule has 116 valence electrons. The average Bonchev–Trinajstić information content (AvgIpc) is 2.94. The van der Waals surface area contributed by atoms with Crippen LogP contribution in [0.2, 0.25) is 0 Å². The summed E-state index contributed by atoms with van der Waals surface area (Å²) in [5.74, 6) is 1.02. The largest absolute Gasteiger partial charge is 0.496 e. The zero-order valence-electron chi connectivity index (χ0n) is 13.1. The fourth-order valence-electron chi connectivity index (χ4n) is 2.92. The van der Waals surface area contributed by atoms with Gasteiger partial charge in [0.2, 0.25) is 5.91 Å². The van der Waals surface area contributed by atoms with Crippen LogP contribution in [0.25, 0.3) is 0 Å². The molecule has 1 aromatic rings. The summed E-state index contributed by atoms with van der Waals surface area (Å²) in [6.07, 6.45) is 2.01. The lowest BCUT2D eigenvalue weighted by molar-refractivity contribution is -0.133. The van der Waals surface area contributed by atoms with Crippen LogP contribution in [0.1, 0.15) is 24.0 Å². The highest BCUT2D eigenvalue weighted by Crippen LogP contribution is 2.24. The molecule has 0 spiro atoms. The Balaban J connectivity index is 2.12. The van der Waals surface area contributed by atoms with Crippen LogP contribution in [0.3, 0.4) is 0 Å². The summed E-state index contributed by atoms with van der Waals surface area (Å²) in [7, 11) is 5.29. The van der Waals surface area contributed by atoms with Crippen molar-refractivity contribution in [2.45, 2.75) is 32.0 Å². The number of rotatable bonds is 5. The van der Waals surface area contributed by atoms with E-state index in [1.165, 1.54) is 5.56 Å². The van der Waals surface area contributed by atoms with Crippen LogP contribution in [0.5, 0.6) is 5.75 Å². The van der Waals surface area contributed by atoms with Gasteiger partial charge in [-0.1, -0.05) is 6.07 Å². The van der Waals surface area contributed by atoms with Crippen LogP contribution in [0.4, 0.5) is 0 Å². The van der Waals surface area contributed by atoms with E-state index < -0.39 is 0 Å². The Labute approximate surface area is 126 Å². The van der Waals surface area contributed by atoms with E-state index in [-0.39, 0.29) is 11.9 Å². The van der Waals surface area contributed by atoms with Crippen molar-refractivity contribution in [1.29, 1.82) is 0 Å². The van der Waals surface area contributed by atoms with Crippen LogP contribution in [-0.4, -0.2) is 49.5 Å². The van der Waals surface area contributed by atoms with E-state index in [1.807, 2.05) is 26.2 Å². The van der Waals surface area contributed by atoms with Gasteiger partial charge in [0.1, 0.15) is 5.75 Å². The lowest BCUT2D eigenvalue weighted by Crippen LogP contribution is -2.42. The van der Waals surface area contributed by atoms with Crippen molar-refractivity contribution in [1.82, 2.24) is 9.80 Å². The van der Waals surface area contributed by atoms with Gasteiger partial charge in [-0.3, -0.25) is 9.69 Å². The molecule has 21 heavy (non-hydrogen) atoms. The van der Waals surface area contributed by atoms with Gasteiger partial charge in [-0.15, -0.1) is 0 Å². The molecule has 0 bridgehead atoms. The third-order valence-corrected chi connectivity index (χ3v) is 4.04. The van der Waals surface area contributed by atoms with Gasteiger partial charge in [0.05, 0.1) is 13.2 Å². The molecule has 0 saturated carbocycles. The number of nitrogens with zero attached hydrogens (tertiary/aromatic N) is 2. The van der Waals surface area contributed by atoms with E-state index in [2.05, 4.69) is 11.0 Å². The van der Waals surface area contributed by atoms with E-state index in [1.54, 1.807) is 12.0 Å². The smallest absolute Gasteiger partial charge is 0.239 e. The number of benzene rings is 1. The van der Waals surface area contributed by atoms with Gasteiger partial charge >= 0.3 is 0 Å². The summed E-state index contributed by atoms with van der Waals surface area (Å²) in [4.78, 5) is 16.2. The SMILES string of the molecule is COc1ccc(CN2CCCC2C(=O)N(C)C)cc1CN. The molecule has 0 aliphatic carbocycles. The Bertz CT molecular complexity index is 502. The molecule has 1 atom stereocenters. The molecular formula is C16H25N3O2. The van der Waals surface area contributed by atoms with Gasteiger partial charge in [0.25, 0.3) is 0 Å². The Morgan fingerprint density at radius 1 is 1.48 bits per heavy atom. The number of carbonyl (C=O) groups excluding carboxylic acids is 1. The third kappa shape index (κ3) is 3.54. The molecular weight excluding hydrogens is 266 g/mol. The van der Waals surface area contributed by atoms with E-state index in [9.17, 15) is 4.79 Å². The summed E-state index contributed by atoms with van der Waals surface area (Å²) >= 11 is 0. The highest BCUT2D eigenvalue weighted by molar-refractivity contribution is 5.81. The minimum absolute atomic E-state index is 0.00317. The molecule has 1 aliphatic heterocycles. The monoisotopic (exact) mass is 291 g/mol. The number of nitrogens with two attached hydrogens (primary N) is 1. The summed E-state index contributed by atoms with van der Waals surface area (Å²) in [5.41, 5.74) is 7.94. The van der Waals surface area contributed by atoms with Crippen LogP contribution < -0.4 is 10.5 Å². The third-order valence-electron chi connectivity index (χ3n) is 4.04. The molecule has 0 aromatic heterocycles. The molecule has 0 radical (unpaired) electrons. The van der Waals surface area contributed by atoms with Crippen LogP contribution in [0, 0.1) is 0 Å². The minimum atomic E-state index is 0.00317. The van der Waals surface area contributed by atoms with Crippen molar-refractivity contribution in [2.24, 2.45) is 5.73 Å². The molecule has 1 aromatic carbocycles. The van der Waals surface area contributed by atoms with E-state index >= 15 is 0 Å². The van der Waals surface area contributed by atoms with Crippen LogP contribution in [-0.2, 0) is 17.9 Å². The molecule has 1 heterocycles. The number of likely N-dealkylation sites (N-methyl/N-ethyl adjacent to an activating group) is 1. The van der Waals surface area contributed by atoms with E-state index in [4.69, 9.17) is 10.5 Å². The van der Waals surface area contributed by atoms with Gasteiger partial charge in [-0.05, 0) is 37.1 Å². The maximum absolute atomic E-state index is 12.2. The number of ether oxygens (including phenoxy) is 1.